The van der Waals surface area contributed by atoms with Crippen LogP contribution in [0, 0.1) is 5.82 Å². The molecule has 0 atom stereocenters. The molecule has 1 heterocycles. The van der Waals surface area contributed by atoms with Crippen molar-refractivity contribution in [3.05, 3.63) is 53.8 Å². The molecule has 0 saturated carbocycles. The first kappa shape index (κ1) is 17.9. The molecule has 1 aromatic heterocycles. The number of thioether (sulfide) groups is 1. The molecular formula is C18H17FN4O2S. The first-order valence-corrected chi connectivity index (χ1v) is 8.95. The topological polar surface area (TPSA) is 90.0 Å². The molecule has 8 heteroatoms. The minimum Gasteiger partial charge on any atom is -0.366 e. The lowest BCUT2D eigenvalue weighted by Gasteiger charge is -2.08. The number of aryl methyl sites for hydroxylation is 1. The zero-order valence-electron chi connectivity index (χ0n) is 14.0. The highest BCUT2D eigenvalue weighted by molar-refractivity contribution is 7.99. The number of para-hydroxylation sites is 2. The number of nitrogens with one attached hydrogen (secondary N) is 1. The number of rotatable bonds is 6. The van der Waals surface area contributed by atoms with E-state index in [2.05, 4.69) is 10.3 Å². The normalized spacial score (nSPS) is 10.8. The summed E-state index contributed by atoms with van der Waals surface area (Å²) in [7, 11) is 0. The Balaban J connectivity index is 1.70. The summed E-state index contributed by atoms with van der Waals surface area (Å²) >= 11 is 1.31. The molecule has 0 unspecified atom stereocenters. The second kappa shape index (κ2) is 7.57. The minimum atomic E-state index is -0.885. The van der Waals surface area contributed by atoms with Crippen molar-refractivity contribution in [1.82, 2.24) is 9.55 Å². The molecular weight excluding hydrogens is 355 g/mol. The van der Waals surface area contributed by atoms with Gasteiger partial charge in [-0.3, -0.25) is 9.59 Å². The quantitative estimate of drug-likeness (QED) is 0.651. The number of nitrogens with two attached hydrogens (primary N) is 1. The van der Waals surface area contributed by atoms with Gasteiger partial charge in [-0.05, 0) is 37.3 Å². The van der Waals surface area contributed by atoms with E-state index >= 15 is 0 Å². The zero-order chi connectivity index (χ0) is 18.7. The van der Waals surface area contributed by atoms with E-state index in [4.69, 9.17) is 5.73 Å². The number of primary amides is 1. The molecule has 0 radical (unpaired) electrons. The summed E-state index contributed by atoms with van der Waals surface area (Å²) in [6.07, 6.45) is 0. The molecule has 2 aromatic carbocycles. The summed E-state index contributed by atoms with van der Waals surface area (Å²) < 4.78 is 15.5. The van der Waals surface area contributed by atoms with Gasteiger partial charge in [-0.1, -0.05) is 23.9 Å². The third-order valence-corrected chi connectivity index (χ3v) is 4.76. The Morgan fingerprint density at radius 3 is 2.77 bits per heavy atom. The van der Waals surface area contributed by atoms with Gasteiger partial charge < -0.3 is 15.6 Å². The van der Waals surface area contributed by atoms with Gasteiger partial charge in [0.2, 0.25) is 5.91 Å². The molecule has 26 heavy (non-hydrogen) atoms. The van der Waals surface area contributed by atoms with Crippen molar-refractivity contribution in [3.63, 3.8) is 0 Å². The zero-order valence-corrected chi connectivity index (χ0v) is 14.8. The Kier molecular flexibility index (Phi) is 5.22. The maximum absolute atomic E-state index is 13.5. The summed E-state index contributed by atoms with van der Waals surface area (Å²) in [6, 6.07) is 11.5. The monoisotopic (exact) mass is 372 g/mol. The van der Waals surface area contributed by atoms with Gasteiger partial charge in [-0.25, -0.2) is 9.37 Å². The number of hydrogen-bond donors (Lipinski definition) is 2. The van der Waals surface area contributed by atoms with Crippen molar-refractivity contribution >= 4 is 40.3 Å². The van der Waals surface area contributed by atoms with Crippen molar-refractivity contribution in [1.29, 1.82) is 0 Å². The highest BCUT2D eigenvalue weighted by atomic mass is 32.2. The number of imidazole rings is 1. The van der Waals surface area contributed by atoms with E-state index in [-0.39, 0.29) is 17.2 Å². The van der Waals surface area contributed by atoms with Crippen LogP contribution in [-0.2, 0) is 11.3 Å². The van der Waals surface area contributed by atoms with Crippen LogP contribution in [0.25, 0.3) is 11.0 Å². The van der Waals surface area contributed by atoms with Crippen LogP contribution in [0.2, 0.25) is 0 Å². The summed E-state index contributed by atoms with van der Waals surface area (Å²) in [5.74, 6) is -1.76. The van der Waals surface area contributed by atoms with Crippen molar-refractivity contribution in [3.8, 4) is 0 Å². The van der Waals surface area contributed by atoms with Crippen LogP contribution in [-0.4, -0.2) is 27.1 Å². The number of fused-ring (bicyclic) bond motifs is 1. The van der Waals surface area contributed by atoms with Crippen molar-refractivity contribution < 1.29 is 14.0 Å². The second-order valence-corrected chi connectivity index (χ2v) is 6.47. The number of benzene rings is 2. The number of halogens is 1. The van der Waals surface area contributed by atoms with Crippen LogP contribution in [0.15, 0.2) is 47.6 Å². The third kappa shape index (κ3) is 3.70. The average molecular weight is 372 g/mol. The fourth-order valence-electron chi connectivity index (χ4n) is 2.59. The molecule has 2 amide bonds. The second-order valence-electron chi connectivity index (χ2n) is 5.52. The first-order chi connectivity index (χ1) is 12.5. The summed E-state index contributed by atoms with van der Waals surface area (Å²) in [4.78, 5) is 27.9. The molecule has 3 aromatic rings. The van der Waals surface area contributed by atoms with E-state index in [0.717, 1.165) is 28.8 Å². The standard InChI is InChI=1S/C18H17FN4O2S/c1-2-23-15-6-4-3-5-14(15)22-18(23)26-10-16(24)21-11-7-8-13(19)12(9-11)17(20)25/h3-9H,2,10H2,1H3,(H2,20,25)(H,21,24). The average Bonchev–Trinajstić information content (AvgIpc) is 2.99. The molecule has 0 saturated heterocycles. The molecule has 6 nitrogen and oxygen atoms in total. The number of carbonyl (C=O) groups excluding carboxylic acids is 2. The van der Waals surface area contributed by atoms with Crippen LogP contribution in [0.5, 0.6) is 0 Å². The van der Waals surface area contributed by atoms with Crippen molar-refractivity contribution in [2.75, 3.05) is 11.1 Å². The predicted octanol–water partition coefficient (Wildman–Crippen LogP) is 3.03. The van der Waals surface area contributed by atoms with E-state index in [1.807, 2.05) is 35.8 Å². The van der Waals surface area contributed by atoms with E-state index < -0.39 is 11.7 Å². The van der Waals surface area contributed by atoms with Crippen molar-refractivity contribution in [2.24, 2.45) is 5.73 Å². The van der Waals surface area contributed by atoms with Crippen LogP contribution in [0.3, 0.4) is 0 Å². The molecule has 0 bridgehead atoms. The fraction of sp³-hybridized carbons (Fsp3) is 0.167. The number of aromatic nitrogens is 2. The van der Waals surface area contributed by atoms with Crippen LogP contribution >= 0.6 is 11.8 Å². The highest BCUT2D eigenvalue weighted by Gasteiger charge is 2.13. The van der Waals surface area contributed by atoms with E-state index in [0.29, 0.717) is 5.69 Å². The Labute approximate surface area is 153 Å². The molecule has 0 aliphatic carbocycles. The Bertz CT molecular complexity index is 986. The van der Waals surface area contributed by atoms with Crippen molar-refractivity contribution in [2.45, 2.75) is 18.6 Å². The van der Waals surface area contributed by atoms with Gasteiger partial charge in [0.05, 0.1) is 22.3 Å². The number of nitrogens with zero attached hydrogens (tertiary/aromatic N) is 2. The van der Waals surface area contributed by atoms with Gasteiger partial charge >= 0.3 is 0 Å². The van der Waals surface area contributed by atoms with Crippen LogP contribution in [0.1, 0.15) is 17.3 Å². The van der Waals surface area contributed by atoms with Gasteiger partial charge in [0, 0.05) is 12.2 Å². The number of anilines is 1. The van der Waals surface area contributed by atoms with Gasteiger partial charge in [0.1, 0.15) is 5.82 Å². The molecule has 0 fully saturated rings. The van der Waals surface area contributed by atoms with Gasteiger partial charge in [-0.15, -0.1) is 0 Å². The van der Waals surface area contributed by atoms with Gasteiger partial charge in [0.15, 0.2) is 5.16 Å². The molecule has 134 valence electrons. The first-order valence-electron chi connectivity index (χ1n) is 7.97. The molecule has 3 rings (SSSR count). The largest absolute Gasteiger partial charge is 0.366 e. The molecule has 0 aliphatic rings. The highest BCUT2D eigenvalue weighted by Crippen LogP contribution is 2.24. The maximum atomic E-state index is 13.5. The van der Waals surface area contributed by atoms with Gasteiger partial charge in [0.25, 0.3) is 5.91 Å². The lowest BCUT2D eigenvalue weighted by atomic mass is 10.2. The Morgan fingerprint density at radius 1 is 1.27 bits per heavy atom. The smallest absolute Gasteiger partial charge is 0.251 e. The van der Waals surface area contributed by atoms with Crippen LogP contribution in [0.4, 0.5) is 10.1 Å². The third-order valence-electron chi connectivity index (χ3n) is 3.78. The summed E-state index contributed by atoms with van der Waals surface area (Å²) in [6.45, 7) is 2.76. The predicted molar refractivity (Wildman–Crippen MR) is 99.7 cm³/mol. The number of carbonyl (C=O) groups is 2. The van der Waals surface area contributed by atoms with E-state index in [1.165, 1.54) is 23.9 Å². The number of hydrogen-bond acceptors (Lipinski definition) is 4. The molecule has 0 aliphatic heterocycles. The Morgan fingerprint density at radius 2 is 2.04 bits per heavy atom. The summed E-state index contributed by atoms with van der Waals surface area (Å²) in [5.41, 5.74) is 7.06. The minimum absolute atomic E-state index is 0.132. The molecule has 3 N–H and O–H groups in total. The fourth-order valence-corrected chi connectivity index (χ4v) is 3.47. The lowest BCUT2D eigenvalue weighted by Crippen LogP contribution is -2.17. The number of amides is 2. The van der Waals surface area contributed by atoms with E-state index in [1.54, 1.807) is 0 Å². The van der Waals surface area contributed by atoms with Gasteiger partial charge in [-0.2, -0.15) is 0 Å². The lowest BCUT2D eigenvalue weighted by molar-refractivity contribution is -0.113. The maximum Gasteiger partial charge on any atom is 0.251 e. The van der Waals surface area contributed by atoms with Crippen LogP contribution < -0.4 is 11.1 Å². The SMILES string of the molecule is CCn1c(SCC(=O)Nc2ccc(F)c(C(N)=O)c2)nc2ccccc21. The summed E-state index contributed by atoms with van der Waals surface area (Å²) in [5, 5.41) is 3.39. The van der Waals surface area contributed by atoms with E-state index in [9.17, 15) is 14.0 Å². The molecule has 0 spiro atoms. The Hall–Kier alpha value is -2.87.